The molecule has 0 aliphatic carbocycles. The van der Waals surface area contributed by atoms with E-state index >= 15 is 0 Å². The van der Waals surface area contributed by atoms with Crippen molar-refractivity contribution in [2.45, 2.75) is 26.0 Å². The van der Waals surface area contributed by atoms with Crippen LogP contribution >= 0.6 is 0 Å². The zero-order chi connectivity index (χ0) is 16.2. The zero-order valence-corrected chi connectivity index (χ0v) is 12.8. The van der Waals surface area contributed by atoms with Gasteiger partial charge in [-0.3, -0.25) is 14.8 Å². The summed E-state index contributed by atoms with van der Waals surface area (Å²) in [6, 6.07) is 6.73. The number of nitro benzene ring substituents is 1. The highest BCUT2D eigenvalue weighted by Gasteiger charge is 2.25. The number of hydrogen-bond donors (Lipinski definition) is 1. The van der Waals surface area contributed by atoms with Gasteiger partial charge >= 0.3 is 0 Å². The van der Waals surface area contributed by atoms with E-state index in [0.717, 1.165) is 32.5 Å². The minimum Gasteiger partial charge on any atom is -0.392 e. The summed E-state index contributed by atoms with van der Waals surface area (Å²) in [6.45, 7) is 2.34. The van der Waals surface area contributed by atoms with Crippen molar-refractivity contribution in [1.29, 1.82) is 0 Å². The molecule has 0 saturated carbocycles. The van der Waals surface area contributed by atoms with Crippen LogP contribution in [-0.4, -0.2) is 32.9 Å². The van der Waals surface area contributed by atoms with Crippen LogP contribution in [0.25, 0.3) is 0 Å². The third-order valence-corrected chi connectivity index (χ3v) is 4.38. The molecule has 0 spiro atoms. The Bertz CT molecular complexity index is 664. The van der Waals surface area contributed by atoms with Crippen LogP contribution in [0.1, 0.15) is 18.4 Å². The Kier molecular flexibility index (Phi) is 4.57. The van der Waals surface area contributed by atoms with Crippen molar-refractivity contribution < 1.29 is 10.0 Å². The second kappa shape index (κ2) is 6.78. The maximum atomic E-state index is 11.2. The van der Waals surface area contributed by atoms with E-state index in [9.17, 15) is 15.2 Å². The summed E-state index contributed by atoms with van der Waals surface area (Å²) in [5.74, 6) is 0.534. The summed E-state index contributed by atoms with van der Waals surface area (Å²) >= 11 is 0. The van der Waals surface area contributed by atoms with Crippen molar-refractivity contribution in [3.05, 3.63) is 52.3 Å². The molecular weight excluding hydrogens is 296 g/mol. The van der Waals surface area contributed by atoms with Crippen LogP contribution in [0.5, 0.6) is 0 Å². The van der Waals surface area contributed by atoms with Crippen LogP contribution in [0.2, 0.25) is 0 Å². The van der Waals surface area contributed by atoms with Gasteiger partial charge in [-0.2, -0.15) is 5.10 Å². The smallest absolute Gasteiger partial charge is 0.292 e. The Labute approximate surface area is 134 Å². The molecule has 0 amide bonds. The van der Waals surface area contributed by atoms with Crippen molar-refractivity contribution in [2.75, 3.05) is 18.0 Å². The van der Waals surface area contributed by atoms with Crippen molar-refractivity contribution >= 4 is 11.4 Å². The van der Waals surface area contributed by atoms with E-state index in [4.69, 9.17) is 0 Å². The molecule has 0 bridgehead atoms. The molecule has 1 fully saturated rings. The monoisotopic (exact) mass is 316 g/mol. The molecule has 0 atom stereocenters. The quantitative estimate of drug-likeness (QED) is 0.675. The highest BCUT2D eigenvalue weighted by Crippen LogP contribution is 2.32. The Morgan fingerprint density at radius 3 is 2.74 bits per heavy atom. The molecular formula is C16H20N4O3. The van der Waals surface area contributed by atoms with Crippen molar-refractivity contribution in [3.8, 4) is 0 Å². The maximum absolute atomic E-state index is 11.2. The van der Waals surface area contributed by atoms with Crippen LogP contribution in [0.15, 0.2) is 36.7 Å². The SMILES string of the molecule is O=[N+]([O-])c1ccc(CO)cc1N1CCC(Cn2cccn2)CC1. The first-order chi connectivity index (χ1) is 11.2. The Balaban J connectivity index is 1.70. The number of benzene rings is 1. The Morgan fingerprint density at radius 1 is 1.35 bits per heavy atom. The second-order valence-corrected chi connectivity index (χ2v) is 5.90. The van der Waals surface area contributed by atoms with E-state index in [1.807, 2.05) is 16.9 Å². The summed E-state index contributed by atoms with van der Waals surface area (Å²) in [4.78, 5) is 12.9. The molecule has 2 heterocycles. The summed E-state index contributed by atoms with van der Waals surface area (Å²) in [7, 11) is 0. The van der Waals surface area contributed by atoms with E-state index < -0.39 is 0 Å². The summed E-state index contributed by atoms with van der Waals surface area (Å²) in [5, 5.41) is 24.8. The lowest BCUT2D eigenvalue weighted by molar-refractivity contribution is -0.384. The van der Waals surface area contributed by atoms with Gasteiger partial charge < -0.3 is 10.0 Å². The molecule has 1 aromatic carbocycles. The fourth-order valence-electron chi connectivity index (χ4n) is 3.10. The van der Waals surface area contributed by atoms with Gasteiger partial charge in [-0.1, -0.05) is 0 Å². The van der Waals surface area contributed by atoms with Gasteiger partial charge in [0.25, 0.3) is 5.69 Å². The molecule has 1 saturated heterocycles. The number of aromatic nitrogens is 2. The van der Waals surface area contributed by atoms with Gasteiger partial charge in [-0.25, -0.2) is 0 Å². The number of aliphatic hydroxyl groups excluding tert-OH is 1. The number of hydrogen-bond acceptors (Lipinski definition) is 5. The third kappa shape index (κ3) is 3.50. The van der Waals surface area contributed by atoms with E-state index in [1.54, 1.807) is 18.3 Å². The van der Waals surface area contributed by atoms with Gasteiger partial charge in [0.15, 0.2) is 0 Å². The lowest BCUT2D eigenvalue weighted by Crippen LogP contribution is -2.35. The van der Waals surface area contributed by atoms with Crippen LogP contribution in [0.3, 0.4) is 0 Å². The summed E-state index contributed by atoms with van der Waals surface area (Å²) in [5.41, 5.74) is 1.41. The highest BCUT2D eigenvalue weighted by atomic mass is 16.6. The largest absolute Gasteiger partial charge is 0.392 e. The van der Waals surface area contributed by atoms with E-state index in [-0.39, 0.29) is 17.2 Å². The molecule has 0 radical (unpaired) electrons. The predicted octanol–water partition coefficient (Wildman–Crippen LogP) is 2.20. The van der Waals surface area contributed by atoms with E-state index in [0.29, 0.717) is 17.2 Å². The zero-order valence-electron chi connectivity index (χ0n) is 12.8. The molecule has 7 nitrogen and oxygen atoms in total. The summed E-state index contributed by atoms with van der Waals surface area (Å²) < 4.78 is 1.94. The summed E-state index contributed by atoms with van der Waals surface area (Å²) in [6.07, 6.45) is 5.68. The second-order valence-electron chi connectivity index (χ2n) is 5.90. The van der Waals surface area contributed by atoms with Crippen LogP contribution in [-0.2, 0) is 13.2 Å². The van der Waals surface area contributed by atoms with E-state index in [2.05, 4.69) is 10.00 Å². The average Bonchev–Trinajstić information content (AvgIpc) is 3.08. The lowest BCUT2D eigenvalue weighted by atomic mass is 9.96. The number of anilines is 1. The molecule has 122 valence electrons. The van der Waals surface area contributed by atoms with Gasteiger partial charge in [0.2, 0.25) is 0 Å². The minimum atomic E-state index is -0.355. The van der Waals surface area contributed by atoms with Gasteiger partial charge in [0, 0.05) is 38.1 Å². The standard InChI is InChI=1S/C16H20N4O3/c21-12-14-2-3-15(20(22)23)16(10-14)18-8-4-13(5-9-18)11-19-7-1-6-17-19/h1-3,6-7,10,13,21H,4-5,8-9,11-12H2. The predicted molar refractivity (Wildman–Crippen MR) is 86.2 cm³/mol. The lowest BCUT2D eigenvalue weighted by Gasteiger charge is -2.33. The number of piperidine rings is 1. The van der Waals surface area contributed by atoms with Gasteiger partial charge in [-0.05, 0) is 42.5 Å². The van der Waals surface area contributed by atoms with Gasteiger partial charge in [0.1, 0.15) is 5.69 Å². The number of nitro groups is 1. The number of aliphatic hydroxyl groups is 1. The fourth-order valence-corrected chi connectivity index (χ4v) is 3.10. The molecule has 2 aromatic rings. The first-order valence-electron chi connectivity index (χ1n) is 7.78. The van der Waals surface area contributed by atoms with Crippen LogP contribution in [0.4, 0.5) is 11.4 Å². The Morgan fingerprint density at radius 2 is 2.13 bits per heavy atom. The molecule has 3 rings (SSSR count). The number of rotatable bonds is 5. The van der Waals surface area contributed by atoms with Crippen molar-refractivity contribution in [3.63, 3.8) is 0 Å². The fraction of sp³-hybridized carbons (Fsp3) is 0.438. The molecule has 1 aliphatic rings. The van der Waals surface area contributed by atoms with Crippen LogP contribution in [0, 0.1) is 16.0 Å². The minimum absolute atomic E-state index is 0.104. The molecule has 1 aliphatic heterocycles. The first kappa shape index (κ1) is 15.5. The van der Waals surface area contributed by atoms with Crippen LogP contribution < -0.4 is 4.90 Å². The van der Waals surface area contributed by atoms with Crippen molar-refractivity contribution in [1.82, 2.24) is 9.78 Å². The van der Waals surface area contributed by atoms with E-state index in [1.165, 1.54) is 6.07 Å². The topological polar surface area (TPSA) is 84.4 Å². The first-order valence-corrected chi connectivity index (χ1v) is 7.78. The molecule has 1 aromatic heterocycles. The molecule has 0 unspecified atom stereocenters. The third-order valence-electron chi connectivity index (χ3n) is 4.38. The molecule has 23 heavy (non-hydrogen) atoms. The highest BCUT2D eigenvalue weighted by molar-refractivity contribution is 5.64. The van der Waals surface area contributed by atoms with Gasteiger partial charge in [0.05, 0.1) is 11.5 Å². The maximum Gasteiger partial charge on any atom is 0.292 e. The molecule has 1 N–H and O–H groups in total. The average molecular weight is 316 g/mol. The number of nitrogens with zero attached hydrogens (tertiary/aromatic N) is 4. The van der Waals surface area contributed by atoms with Gasteiger partial charge in [-0.15, -0.1) is 0 Å². The normalized spacial score (nSPS) is 15.8. The molecule has 7 heteroatoms. The van der Waals surface area contributed by atoms with Crippen molar-refractivity contribution in [2.24, 2.45) is 5.92 Å². The Hall–Kier alpha value is -2.41.